The van der Waals surface area contributed by atoms with Crippen molar-refractivity contribution in [2.45, 2.75) is 38.0 Å². The Bertz CT molecular complexity index is 596. The molecule has 1 aromatic carbocycles. The summed E-state index contributed by atoms with van der Waals surface area (Å²) in [4.78, 5) is 16.1. The average molecular weight is 313 g/mol. The number of likely N-dealkylation sites (tertiary alicyclic amines) is 1. The number of nitrogens with zero attached hydrogens (tertiary/aromatic N) is 3. The van der Waals surface area contributed by atoms with Crippen LogP contribution in [-0.2, 0) is 16.1 Å². The molecule has 5 nitrogen and oxygen atoms in total. The third-order valence-electron chi connectivity index (χ3n) is 4.93. The van der Waals surface area contributed by atoms with Crippen LogP contribution in [0.4, 0.5) is 0 Å². The first kappa shape index (κ1) is 16.0. The number of piperidine rings is 1. The second kappa shape index (κ2) is 6.31. The zero-order valence-corrected chi connectivity index (χ0v) is 13.8. The van der Waals surface area contributed by atoms with Crippen molar-refractivity contribution in [2.75, 3.05) is 26.7 Å². The second-order valence-electron chi connectivity index (χ2n) is 6.72. The first-order valence-corrected chi connectivity index (χ1v) is 8.15. The number of carbonyl (C=O) groups is 1. The molecule has 0 unspecified atom stereocenters. The molecule has 2 aliphatic heterocycles. The van der Waals surface area contributed by atoms with Gasteiger partial charge in [0.1, 0.15) is 6.10 Å². The Balaban J connectivity index is 1.58. The minimum absolute atomic E-state index is 0.0793. The fourth-order valence-corrected chi connectivity index (χ4v) is 3.62. The van der Waals surface area contributed by atoms with Crippen molar-refractivity contribution in [2.24, 2.45) is 0 Å². The highest BCUT2D eigenvalue weighted by molar-refractivity contribution is 5.81. The summed E-state index contributed by atoms with van der Waals surface area (Å²) in [5, 5.41) is 8.85. The van der Waals surface area contributed by atoms with E-state index < -0.39 is 0 Å². The first-order chi connectivity index (χ1) is 11.0. The van der Waals surface area contributed by atoms with Crippen LogP contribution in [-0.4, -0.2) is 54.1 Å². The van der Waals surface area contributed by atoms with E-state index in [1.165, 1.54) is 5.56 Å². The maximum atomic E-state index is 11.9. The van der Waals surface area contributed by atoms with Gasteiger partial charge >= 0.3 is 0 Å². The average Bonchev–Trinajstić information content (AvgIpc) is 2.56. The lowest BCUT2D eigenvalue weighted by molar-refractivity contribution is -0.187. The van der Waals surface area contributed by atoms with Gasteiger partial charge in [-0.1, -0.05) is 12.1 Å². The van der Waals surface area contributed by atoms with E-state index in [0.29, 0.717) is 12.1 Å². The Morgan fingerprint density at radius 2 is 1.96 bits per heavy atom. The molecule has 122 valence electrons. The van der Waals surface area contributed by atoms with E-state index >= 15 is 0 Å². The number of morpholine rings is 1. The van der Waals surface area contributed by atoms with Gasteiger partial charge in [0.25, 0.3) is 5.91 Å². The molecule has 0 aliphatic carbocycles. The highest BCUT2D eigenvalue weighted by Gasteiger charge is 2.44. The molecule has 1 spiro atoms. The minimum Gasteiger partial charge on any atom is -0.360 e. The second-order valence-corrected chi connectivity index (χ2v) is 6.72. The molecule has 5 heteroatoms. The number of likely N-dealkylation sites (N-methyl/N-ethyl adjacent to an activating group) is 1. The molecule has 0 bridgehead atoms. The van der Waals surface area contributed by atoms with Gasteiger partial charge in [0.2, 0.25) is 0 Å². The van der Waals surface area contributed by atoms with Gasteiger partial charge in [-0.25, -0.2) is 0 Å². The SMILES string of the molecule is C[C@@H]1OC2(CCN(Cc3ccc(C#N)cc3)CC2)CN(C)C1=O. The van der Waals surface area contributed by atoms with Crippen molar-refractivity contribution in [3.63, 3.8) is 0 Å². The molecule has 2 fully saturated rings. The Morgan fingerprint density at radius 1 is 1.30 bits per heavy atom. The lowest BCUT2D eigenvalue weighted by Gasteiger charge is -2.48. The summed E-state index contributed by atoms with van der Waals surface area (Å²) in [7, 11) is 1.87. The molecule has 1 amide bonds. The number of amides is 1. The van der Waals surface area contributed by atoms with Crippen LogP contribution in [0.5, 0.6) is 0 Å². The largest absolute Gasteiger partial charge is 0.360 e. The normalized spacial score (nSPS) is 24.7. The lowest BCUT2D eigenvalue weighted by Crippen LogP contribution is -2.60. The molecular formula is C18H23N3O2. The maximum Gasteiger partial charge on any atom is 0.251 e. The summed E-state index contributed by atoms with van der Waals surface area (Å²) in [5.41, 5.74) is 1.75. The van der Waals surface area contributed by atoms with E-state index in [0.717, 1.165) is 32.5 Å². The minimum atomic E-state index is -0.334. The van der Waals surface area contributed by atoms with Gasteiger partial charge in [-0.05, 0) is 37.5 Å². The molecule has 2 saturated heterocycles. The third-order valence-corrected chi connectivity index (χ3v) is 4.93. The van der Waals surface area contributed by atoms with Crippen molar-refractivity contribution in [3.05, 3.63) is 35.4 Å². The predicted molar refractivity (Wildman–Crippen MR) is 86.6 cm³/mol. The number of hydrogen-bond donors (Lipinski definition) is 0. The molecule has 2 heterocycles. The fourth-order valence-electron chi connectivity index (χ4n) is 3.62. The summed E-state index contributed by atoms with van der Waals surface area (Å²) < 4.78 is 6.07. The summed E-state index contributed by atoms with van der Waals surface area (Å²) in [6, 6.07) is 9.93. The fraction of sp³-hybridized carbons (Fsp3) is 0.556. The Hall–Kier alpha value is -1.90. The van der Waals surface area contributed by atoms with E-state index in [4.69, 9.17) is 10.00 Å². The molecule has 1 aromatic rings. The number of benzene rings is 1. The van der Waals surface area contributed by atoms with Crippen molar-refractivity contribution < 1.29 is 9.53 Å². The topological polar surface area (TPSA) is 56.6 Å². The molecule has 0 N–H and O–H groups in total. The number of rotatable bonds is 2. The summed E-state index contributed by atoms with van der Waals surface area (Å²) in [5.74, 6) is 0.0793. The van der Waals surface area contributed by atoms with Crippen molar-refractivity contribution in [3.8, 4) is 6.07 Å². The predicted octanol–water partition coefficient (Wildman–Crippen LogP) is 1.77. The van der Waals surface area contributed by atoms with Crippen LogP contribution in [0.15, 0.2) is 24.3 Å². The molecule has 0 radical (unpaired) electrons. The van der Waals surface area contributed by atoms with Crippen LogP contribution >= 0.6 is 0 Å². The maximum absolute atomic E-state index is 11.9. The smallest absolute Gasteiger partial charge is 0.251 e. The van der Waals surface area contributed by atoms with E-state index in [1.54, 1.807) is 0 Å². The Labute approximate surface area is 137 Å². The van der Waals surface area contributed by atoms with E-state index in [9.17, 15) is 4.79 Å². The quantitative estimate of drug-likeness (QED) is 0.835. The van der Waals surface area contributed by atoms with Crippen LogP contribution in [0.25, 0.3) is 0 Å². The van der Waals surface area contributed by atoms with Gasteiger partial charge in [0.05, 0.1) is 17.2 Å². The van der Waals surface area contributed by atoms with Crippen molar-refractivity contribution in [1.29, 1.82) is 5.26 Å². The van der Waals surface area contributed by atoms with Gasteiger partial charge in [-0.15, -0.1) is 0 Å². The summed E-state index contributed by atoms with van der Waals surface area (Å²) >= 11 is 0. The first-order valence-electron chi connectivity index (χ1n) is 8.15. The van der Waals surface area contributed by atoms with Gasteiger partial charge in [-0.2, -0.15) is 5.26 Å². The van der Waals surface area contributed by atoms with Crippen LogP contribution in [0.3, 0.4) is 0 Å². The number of carbonyl (C=O) groups excluding carboxylic acids is 1. The summed E-state index contributed by atoms with van der Waals surface area (Å²) in [6.07, 6.45) is 1.56. The molecule has 1 atom stereocenters. The van der Waals surface area contributed by atoms with Gasteiger partial charge in [-0.3, -0.25) is 9.69 Å². The van der Waals surface area contributed by atoms with Crippen LogP contribution in [0.2, 0.25) is 0 Å². The van der Waals surface area contributed by atoms with Gasteiger partial charge < -0.3 is 9.64 Å². The number of nitriles is 1. The zero-order chi connectivity index (χ0) is 16.4. The number of hydrogen-bond acceptors (Lipinski definition) is 4. The zero-order valence-electron chi connectivity index (χ0n) is 13.8. The van der Waals surface area contributed by atoms with Gasteiger partial charge in [0.15, 0.2) is 0 Å². The molecule has 0 aromatic heterocycles. The summed E-state index contributed by atoms with van der Waals surface area (Å²) in [6.45, 7) is 5.37. The van der Waals surface area contributed by atoms with Crippen LogP contribution in [0, 0.1) is 11.3 Å². The highest BCUT2D eigenvalue weighted by atomic mass is 16.5. The highest BCUT2D eigenvalue weighted by Crippen LogP contribution is 2.32. The van der Waals surface area contributed by atoms with E-state index in [-0.39, 0.29) is 17.6 Å². The molecule has 23 heavy (non-hydrogen) atoms. The Kier molecular flexibility index (Phi) is 4.38. The Morgan fingerprint density at radius 3 is 2.52 bits per heavy atom. The van der Waals surface area contributed by atoms with Gasteiger partial charge in [0, 0.05) is 33.2 Å². The third kappa shape index (κ3) is 3.39. The van der Waals surface area contributed by atoms with Crippen molar-refractivity contribution >= 4 is 5.91 Å². The molecule has 2 aliphatic rings. The van der Waals surface area contributed by atoms with Crippen LogP contribution < -0.4 is 0 Å². The van der Waals surface area contributed by atoms with Crippen LogP contribution in [0.1, 0.15) is 30.9 Å². The molecule has 0 saturated carbocycles. The number of ether oxygens (including phenoxy) is 1. The monoisotopic (exact) mass is 313 g/mol. The van der Waals surface area contributed by atoms with E-state index in [2.05, 4.69) is 11.0 Å². The molecule has 3 rings (SSSR count). The standard InChI is InChI=1S/C18H23N3O2/c1-14-17(22)20(2)13-18(23-14)7-9-21(10-8-18)12-16-5-3-15(11-19)4-6-16/h3-6,14H,7-10,12-13H2,1-2H3/t14-/m0/s1. The van der Waals surface area contributed by atoms with Crippen molar-refractivity contribution in [1.82, 2.24) is 9.80 Å². The molecular weight excluding hydrogens is 290 g/mol. The lowest BCUT2D eigenvalue weighted by atomic mass is 9.88. The van der Waals surface area contributed by atoms with E-state index in [1.807, 2.05) is 43.1 Å².